The number of amides is 3. The van der Waals surface area contributed by atoms with Crippen molar-refractivity contribution in [2.75, 3.05) is 25.5 Å². The number of pyridine rings is 1. The summed E-state index contributed by atoms with van der Waals surface area (Å²) < 4.78 is 5.10. The Morgan fingerprint density at radius 2 is 1.83 bits per heavy atom. The monoisotopic (exact) mass is 494 g/mol. The van der Waals surface area contributed by atoms with Crippen molar-refractivity contribution >= 4 is 34.7 Å². The molecule has 182 valence electrons. The van der Waals surface area contributed by atoms with Gasteiger partial charge in [0.15, 0.2) is 0 Å². The number of carbonyl (C=O) groups excluding carboxylic acids is 3. The molecular weight excluding hydrogens is 468 g/mol. The van der Waals surface area contributed by atoms with Gasteiger partial charge < -0.3 is 20.3 Å². The van der Waals surface area contributed by atoms with Crippen LogP contribution < -0.4 is 15.4 Å². The van der Waals surface area contributed by atoms with Gasteiger partial charge in [-0.3, -0.25) is 19.4 Å². The molecule has 1 fully saturated rings. The summed E-state index contributed by atoms with van der Waals surface area (Å²) in [6.07, 6.45) is 5.31. The lowest BCUT2D eigenvalue weighted by Crippen LogP contribution is -2.39. The van der Waals surface area contributed by atoms with Crippen molar-refractivity contribution < 1.29 is 19.1 Å². The quantitative estimate of drug-likeness (QED) is 0.493. The van der Waals surface area contributed by atoms with E-state index in [1.54, 1.807) is 48.7 Å². The van der Waals surface area contributed by atoms with Crippen molar-refractivity contribution in [1.29, 1.82) is 0 Å². The van der Waals surface area contributed by atoms with E-state index >= 15 is 0 Å². The predicted molar refractivity (Wildman–Crippen MR) is 130 cm³/mol. The second-order valence-corrected chi connectivity index (χ2v) is 9.15. The molecule has 0 atom stereocenters. The van der Waals surface area contributed by atoms with E-state index in [4.69, 9.17) is 4.74 Å². The number of carbonyl (C=O) groups is 3. The van der Waals surface area contributed by atoms with Crippen molar-refractivity contribution in [2.24, 2.45) is 5.92 Å². The van der Waals surface area contributed by atoms with Crippen LogP contribution in [0.3, 0.4) is 0 Å². The van der Waals surface area contributed by atoms with Crippen LogP contribution in [0.1, 0.15) is 44.4 Å². The fourth-order valence-corrected chi connectivity index (χ4v) is 4.48. The molecule has 4 rings (SSSR count). The Morgan fingerprint density at radius 3 is 2.51 bits per heavy atom. The topological polar surface area (TPSA) is 126 Å². The van der Waals surface area contributed by atoms with Crippen molar-refractivity contribution in [3.8, 4) is 5.75 Å². The normalized spacial score (nSPS) is 13.8. The third-order valence-corrected chi connectivity index (χ3v) is 6.65. The number of aromatic nitrogens is 3. The number of benzene rings is 1. The van der Waals surface area contributed by atoms with Crippen LogP contribution in [-0.2, 0) is 11.3 Å². The number of hydrogen-bond acceptors (Lipinski definition) is 8. The molecule has 0 spiro atoms. The van der Waals surface area contributed by atoms with Gasteiger partial charge >= 0.3 is 0 Å². The zero-order valence-electron chi connectivity index (χ0n) is 19.3. The molecule has 1 aliphatic rings. The van der Waals surface area contributed by atoms with E-state index in [1.807, 2.05) is 12.1 Å². The fourth-order valence-electron chi connectivity index (χ4n) is 3.77. The highest BCUT2D eigenvalue weighted by atomic mass is 32.1. The maximum Gasteiger partial charge on any atom is 0.286 e. The highest BCUT2D eigenvalue weighted by Gasteiger charge is 2.28. The molecular formula is C24H26N6O4S. The SMILES string of the molecule is COc1ccc(NC(=O)c2nnc(C(=O)N3CCC(CC(=O)NCc4cccnc4)CC3)s2)cc1. The first kappa shape index (κ1) is 24.3. The van der Waals surface area contributed by atoms with Crippen LogP contribution in [0.4, 0.5) is 5.69 Å². The molecule has 3 heterocycles. The summed E-state index contributed by atoms with van der Waals surface area (Å²) in [6, 6.07) is 10.7. The van der Waals surface area contributed by atoms with Gasteiger partial charge in [-0.1, -0.05) is 17.4 Å². The van der Waals surface area contributed by atoms with Gasteiger partial charge in [-0.25, -0.2) is 0 Å². The zero-order valence-corrected chi connectivity index (χ0v) is 20.1. The van der Waals surface area contributed by atoms with Gasteiger partial charge in [0.1, 0.15) is 5.75 Å². The third kappa shape index (κ3) is 6.60. The second-order valence-electron chi connectivity index (χ2n) is 8.17. The van der Waals surface area contributed by atoms with E-state index in [0.29, 0.717) is 37.5 Å². The van der Waals surface area contributed by atoms with Gasteiger partial charge in [0.2, 0.25) is 15.9 Å². The summed E-state index contributed by atoms with van der Waals surface area (Å²) in [7, 11) is 1.57. The molecule has 0 bridgehead atoms. The van der Waals surface area contributed by atoms with Crippen LogP contribution in [0.2, 0.25) is 0 Å². The van der Waals surface area contributed by atoms with Gasteiger partial charge in [0.05, 0.1) is 7.11 Å². The standard InChI is InChI=1S/C24H26N6O4S/c1-34-19-6-4-18(5-7-19)27-21(32)22-28-29-23(35-22)24(33)30-11-8-16(9-12-30)13-20(31)26-15-17-3-2-10-25-14-17/h2-7,10,14,16H,8-9,11-13,15H2,1H3,(H,26,31)(H,27,32). The van der Waals surface area contributed by atoms with E-state index < -0.39 is 5.91 Å². The zero-order chi connectivity index (χ0) is 24.6. The molecule has 0 unspecified atom stereocenters. The van der Waals surface area contributed by atoms with Crippen molar-refractivity contribution in [2.45, 2.75) is 25.8 Å². The summed E-state index contributed by atoms with van der Waals surface area (Å²) in [5.41, 5.74) is 1.54. The average molecular weight is 495 g/mol. The minimum absolute atomic E-state index is 0.00438. The molecule has 0 radical (unpaired) electrons. The maximum absolute atomic E-state index is 12.9. The van der Waals surface area contributed by atoms with Crippen LogP contribution in [-0.4, -0.2) is 58.0 Å². The first-order valence-corrected chi connectivity index (χ1v) is 12.1. The molecule has 10 nitrogen and oxygen atoms in total. The first-order valence-electron chi connectivity index (χ1n) is 11.3. The number of nitrogens with one attached hydrogen (secondary N) is 2. The number of nitrogens with zero attached hydrogens (tertiary/aromatic N) is 4. The molecule has 3 aromatic rings. The Labute approximate surface area is 206 Å². The average Bonchev–Trinajstić information content (AvgIpc) is 3.39. The van der Waals surface area contributed by atoms with Crippen LogP contribution in [0.15, 0.2) is 48.8 Å². The Kier molecular flexibility index (Phi) is 7.99. The van der Waals surface area contributed by atoms with E-state index in [-0.39, 0.29) is 27.7 Å². The summed E-state index contributed by atoms with van der Waals surface area (Å²) in [6.45, 7) is 1.52. The van der Waals surface area contributed by atoms with Gasteiger partial charge in [0.25, 0.3) is 11.8 Å². The first-order chi connectivity index (χ1) is 17.0. The molecule has 2 aromatic heterocycles. The maximum atomic E-state index is 12.9. The second kappa shape index (κ2) is 11.5. The molecule has 0 aliphatic carbocycles. The molecule has 1 saturated heterocycles. The number of hydrogen-bond donors (Lipinski definition) is 2. The Morgan fingerprint density at radius 1 is 1.09 bits per heavy atom. The van der Waals surface area contributed by atoms with Gasteiger partial charge in [-0.05, 0) is 54.7 Å². The molecule has 3 amide bonds. The van der Waals surface area contributed by atoms with Gasteiger partial charge in [0, 0.05) is 44.1 Å². The Bertz CT molecular complexity index is 1160. The van der Waals surface area contributed by atoms with Crippen LogP contribution in [0.25, 0.3) is 0 Å². The summed E-state index contributed by atoms with van der Waals surface area (Å²) in [5, 5.41) is 13.8. The molecule has 11 heteroatoms. The highest BCUT2D eigenvalue weighted by Crippen LogP contribution is 2.23. The van der Waals surface area contributed by atoms with E-state index in [0.717, 1.165) is 29.7 Å². The molecule has 35 heavy (non-hydrogen) atoms. The summed E-state index contributed by atoms with van der Waals surface area (Å²) in [5.74, 6) is 0.220. The minimum Gasteiger partial charge on any atom is -0.497 e. The van der Waals surface area contributed by atoms with Gasteiger partial charge in [-0.2, -0.15) is 0 Å². The molecule has 0 saturated carbocycles. The molecule has 2 N–H and O–H groups in total. The van der Waals surface area contributed by atoms with E-state index in [1.165, 1.54) is 0 Å². The minimum atomic E-state index is -0.428. The lowest BCUT2D eigenvalue weighted by Gasteiger charge is -2.31. The number of rotatable bonds is 8. The molecule has 1 aliphatic heterocycles. The van der Waals surface area contributed by atoms with Crippen molar-refractivity contribution in [3.05, 3.63) is 64.4 Å². The van der Waals surface area contributed by atoms with Crippen LogP contribution in [0.5, 0.6) is 5.75 Å². The number of piperidine rings is 1. The smallest absolute Gasteiger partial charge is 0.286 e. The number of anilines is 1. The van der Waals surface area contributed by atoms with Crippen LogP contribution in [0, 0.1) is 5.92 Å². The number of methoxy groups -OCH3 is 1. The molecule has 1 aromatic carbocycles. The highest BCUT2D eigenvalue weighted by molar-refractivity contribution is 7.15. The Hall–Kier alpha value is -3.86. The fraction of sp³-hybridized carbons (Fsp3) is 0.333. The predicted octanol–water partition coefficient (Wildman–Crippen LogP) is 2.75. The lowest BCUT2D eigenvalue weighted by atomic mass is 9.93. The van der Waals surface area contributed by atoms with Crippen molar-refractivity contribution in [1.82, 2.24) is 25.4 Å². The van der Waals surface area contributed by atoms with E-state index in [9.17, 15) is 14.4 Å². The van der Waals surface area contributed by atoms with Crippen LogP contribution >= 0.6 is 11.3 Å². The summed E-state index contributed by atoms with van der Waals surface area (Å²) in [4.78, 5) is 43.3. The number of likely N-dealkylation sites (tertiary alicyclic amines) is 1. The van der Waals surface area contributed by atoms with E-state index in [2.05, 4.69) is 25.8 Å². The summed E-state index contributed by atoms with van der Waals surface area (Å²) >= 11 is 0.966. The Balaban J connectivity index is 1.23. The lowest BCUT2D eigenvalue weighted by molar-refractivity contribution is -0.122. The third-order valence-electron chi connectivity index (χ3n) is 5.74. The van der Waals surface area contributed by atoms with Gasteiger partial charge in [-0.15, -0.1) is 10.2 Å². The number of ether oxygens (including phenoxy) is 1. The largest absolute Gasteiger partial charge is 0.497 e. The van der Waals surface area contributed by atoms with Crippen molar-refractivity contribution in [3.63, 3.8) is 0 Å².